The van der Waals surface area contributed by atoms with E-state index in [1.165, 1.54) is 5.56 Å². The normalized spacial score (nSPS) is 20.8. The Kier molecular flexibility index (Phi) is 6.20. The highest BCUT2D eigenvalue weighted by Gasteiger charge is 2.36. The molecule has 2 aromatic rings. The molecule has 130 valence electrons. The Morgan fingerprint density at radius 2 is 2.12 bits per heavy atom. The lowest BCUT2D eigenvalue weighted by molar-refractivity contribution is 0.385. The number of aliphatic imine (C=N–C) groups is 1. The van der Waals surface area contributed by atoms with E-state index in [2.05, 4.69) is 62.6 Å². The molecular formula is C17H24IN5O. The fourth-order valence-electron chi connectivity index (χ4n) is 3.12. The highest BCUT2D eigenvalue weighted by molar-refractivity contribution is 14.0. The molecule has 24 heavy (non-hydrogen) atoms. The zero-order valence-corrected chi connectivity index (χ0v) is 16.7. The smallest absolute Gasteiger partial charge is 0.223 e. The van der Waals surface area contributed by atoms with Gasteiger partial charge in [0.1, 0.15) is 0 Å². The Morgan fingerprint density at radius 1 is 1.38 bits per heavy atom. The summed E-state index contributed by atoms with van der Waals surface area (Å²) in [7, 11) is 1.81. The minimum Gasteiger partial charge on any atom is -0.349 e. The van der Waals surface area contributed by atoms with Crippen molar-refractivity contribution in [3.63, 3.8) is 0 Å². The molecule has 0 saturated carbocycles. The monoisotopic (exact) mass is 441 g/mol. The zero-order valence-electron chi connectivity index (χ0n) is 14.3. The second-order valence-electron chi connectivity index (χ2n) is 6.23. The number of aryl methyl sites for hydroxylation is 1. The van der Waals surface area contributed by atoms with Gasteiger partial charge in [0.05, 0.1) is 6.54 Å². The standard InChI is InChI=1S/C17H23N5O.HI/c1-13-20-15(21-23-13)11-19-16(18-3)22-10-9-17(2,12-22)14-7-5-4-6-8-14;/h4-8H,9-12H2,1-3H3,(H,18,19);1H. The molecule has 0 spiro atoms. The van der Waals surface area contributed by atoms with Gasteiger partial charge in [-0.05, 0) is 12.0 Å². The summed E-state index contributed by atoms with van der Waals surface area (Å²) in [4.78, 5) is 10.9. The molecule has 1 aliphatic heterocycles. The van der Waals surface area contributed by atoms with Crippen LogP contribution in [0.2, 0.25) is 0 Å². The van der Waals surface area contributed by atoms with E-state index in [-0.39, 0.29) is 29.4 Å². The van der Waals surface area contributed by atoms with E-state index in [9.17, 15) is 0 Å². The molecule has 1 unspecified atom stereocenters. The second-order valence-corrected chi connectivity index (χ2v) is 6.23. The summed E-state index contributed by atoms with van der Waals surface area (Å²) in [5.74, 6) is 2.11. The van der Waals surface area contributed by atoms with Crippen molar-refractivity contribution < 1.29 is 4.52 Å². The first-order valence-electron chi connectivity index (χ1n) is 7.91. The van der Waals surface area contributed by atoms with Crippen LogP contribution in [0.1, 0.15) is 30.6 Å². The van der Waals surface area contributed by atoms with Crippen LogP contribution in [0, 0.1) is 6.92 Å². The first-order valence-corrected chi connectivity index (χ1v) is 7.91. The van der Waals surface area contributed by atoms with Crippen LogP contribution in [0.3, 0.4) is 0 Å². The Hall–Kier alpha value is -1.64. The number of hydrogen-bond acceptors (Lipinski definition) is 4. The number of nitrogens with one attached hydrogen (secondary N) is 1. The SMILES string of the molecule is CN=C(NCc1noc(C)n1)N1CCC(C)(c2ccccc2)C1.I. The van der Waals surface area contributed by atoms with E-state index in [4.69, 9.17) is 4.52 Å². The van der Waals surface area contributed by atoms with Gasteiger partial charge < -0.3 is 14.7 Å². The number of rotatable bonds is 3. The lowest BCUT2D eigenvalue weighted by atomic mass is 9.82. The molecule has 6 nitrogen and oxygen atoms in total. The number of benzene rings is 1. The molecule has 0 radical (unpaired) electrons. The van der Waals surface area contributed by atoms with E-state index < -0.39 is 0 Å². The maximum Gasteiger partial charge on any atom is 0.223 e. The molecule has 7 heteroatoms. The maximum atomic E-state index is 4.99. The lowest BCUT2D eigenvalue weighted by Crippen LogP contribution is -2.41. The molecule has 2 heterocycles. The molecule has 3 rings (SSSR count). The van der Waals surface area contributed by atoms with E-state index in [0.717, 1.165) is 25.5 Å². The average Bonchev–Trinajstić information content (AvgIpc) is 3.16. The first-order chi connectivity index (χ1) is 11.1. The average molecular weight is 441 g/mol. The van der Waals surface area contributed by atoms with Crippen molar-refractivity contribution in [3.05, 3.63) is 47.6 Å². The predicted molar refractivity (Wildman–Crippen MR) is 105 cm³/mol. The molecule has 0 amide bonds. The Labute approximate surface area is 159 Å². The first kappa shape index (κ1) is 18.7. The Bertz CT molecular complexity index is 687. The lowest BCUT2D eigenvalue weighted by Gasteiger charge is -2.26. The van der Waals surface area contributed by atoms with E-state index in [1.54, 1.807) is 6.92 Å². The van der Waals surface area contributed by atoms with Gasteiger partial charge in [0.15, 0.2) is 11.8 Å². The second kappa shape index (κ2) is 7.96. The third kappa shape index (κ3) is 4.06. The summed E-state index contributed by atoms with van der Waals surface area (Å²) in [6.45, 7) is 6.55. The number of guanidine groups is 1. The third-order valence-electron chi connectivity index (χ3n) is 4.43. The van der Waals surface area contributed by atoms with Gasteiger partial charge in [0.2, 0.25) is 5.89 Å². The topological polar surface area (TPSA) is 66.5 Å². The predicted octanol–water partition coefficient (Wildman–Crippen LogP) is 2.74. The molecule has 1 fully saturated rings. The van der Waals surface area contributed by atoms with E-state index in [0.29, 0.717) is 18.3 Å². The third-order valence-corrected chi connectivity index (χ3v) is 4.43. The van der Waals surface area contributed by atoms with Crippen LogP contribution >= 0.6 is 24.0 Å². The quantitative estimate of drug-likeness (QED) is 0.451. The van der Waals surface area contributed by atoms with Crippen LogP contribution in [0.25, 0.3) is 0 Å². The molecule has 1 aromatic heterocycles. The van der Waals surface area contributed by atoms with E-state index >= 15 is 0 Å². The van der Waals surface area contributed by atoms with Crippen molar-refractivity contribution in [1.29, 1.82) is 0 Å². The molecule has 0 aliphatic carbocycles. The van der Waals surface area contributed by atoms with Crippen LogP contribution in [0.15, 0.2) is 39.8 Å². The zero-order chi connectivity index (χ0) is 16.3. The van der Waals surface area contributed by atoms with E-state index in [1.807, 2.05) is 7.05 Å². The fourth-order valence-corrected chi connectivity index (χ4v) is 3.12. The van der Waals surface area contributed by atoms with Gasteiger partial charge >= 0.3 is 0 Å². The van der Waals surface area contributed by atoms with Crippen molar-refractivity contribution in [2.24, 2.45) is 4.99 Å². The number of halogens is 1. The van der Waals surface area contributed by atoms with Gasteiger partial charge in [-0.3, -0.25) is 4.99 Å². The summed E-state index contributed by atoms with van der Waals surface area (Å²) >= 11 is 0. The van der Waals surface area contributed by atoms with Crippen LogP contribution < -0.4 is 5.32 Å². The van der Waals surface area contributed by atoms with Crippen LogP contribution in [-0.2, 0) is 12.0 Å². The van der Waals surface area contributed by atoms with Crippen LogP contribution in [0.5, 0.6) is 0 Å². The van der Waals surface area contributed by atoms with Gasteiger partial charge in [-0.1, -0.05) is 42.4 Å². The summed E-state index contributed by atoms with van der Waals surface area (Å²) in [6.07, 6.45) is 1.11. The summed E-state index contributed by atoms with van der Waals surface area (Å²) in [5, 5.41) is 7.22. The van der Waals surface area contributed by atoms with Gasteiger partial charge in [0, 0.05) is 32.5 Å². The van der Waals surface area contributed by atoms with Gasteiger partial charge in [-0.25, -0.2) is 0 Å². The van der Waals surface area contributed by atoms with Crippen molar-refractivity contribution in [2.75, 3.05) is 20.1 Å². The summed E-state index contributed by atoms with van der Waals surface area (Å²) in [6, 6.07) is 10.7. The minimum atomic E-state index is 0. The minimum absolute atomic E-state index is 0. The number of aromatic nitrogens is 2. The number of nitrogens with zero attached hydrogens (tertiary/aromatic N) is 4. The van der Waals surface area contributed by atoms with Crippen molar-refractivity contribution in [3.8, 4) is 0 Å². The van der Waals surface area contributed by atoms with Crippen molar-refractivity contribution >= 4 is 29.9 Å². The highest BCUT2D eigenvalue weighted by atomic mass is 127. The molecule has 1 aliphatic rings. The molecular weight excluding hydrogens is 417 g/mol. The molecule has 1 atom stereocenters. The maximum absolute atomic E-state index is 4.99. The molecule has 0 bridgehead atoms. The van der Waals surface area contributed by atoms with Gasteiger partial charge in [0.25, 0.3) is 0 Å². The van der Waals surface area contributed by atoms with Gasteiger partial charge in [-0.2, -0.15) is 4.98 Å². The molecule has 1 N–H and O–H groups in total. The van der Waals surface area contributed by atoms with Crippen LogP contribution in [0.4, 0.5) is 0 Å². The number of likely N-dealkylation sites (tertiary alicyclic amines) is 1. The Morgan fingerprint density at radius 3 is 2.75 bits per heavy atom. The van der Waals surface area contributed by atoms with Crippen molar-refractivity contribution in [2.45, 2.75) is 32.2 Å². The number of hydrogen-bond donors (Lipinski definition) is 1. The van der Waals surface area contributed by atoms with Crippen molar-refractivity contribution in [1.82, 2.24) is 20.4 Å². The molecule has 1 aromatic carbocycles. The summed E-state index contributed by atoms with van der Waals surface area (Å²) < 4.78 is 4.99. The fraction of sp³-hybridized carbons (Fsp3) is 0.471. The highest BCUT2D eigenvalue weighted by Crippen LogP contribution is 2.33. The molecule has 1 saturated heterocycles. The van der Waals surface area contributed by atoms with Gasteiger partial charge in [-0.15, -0.1) is 24.0 Å². The largest absolute Gasteiger partial charge is 0.349 e. The van der Waals surface area contributed by atoms with Crippen LogP contribution in [-0.4, -0.2) is 41.1 Å². The summed E-state index contributed by atoms with van der Waals surface area (Å²) in [5.41, 5.74) is 1.54. The Balaban J connectivity index is 0.00000208.